The van der Waals surface area contributed by atoms with Crippen molar-refractivity contribution in [2.75, 3.05) is 20.8 Å². The molecule has 5 N–H and O–H groups in total. The number of unbranched alkanes of at least 4 members (excludes halogenated alkanes) is 1. The van der Waals surface area contributed by atoms with Crippen LogP contribution in [0.25, 0.3) is 6.08 Å². The molecular formula is C17H24N2O6. The van der Waals surface area contributed by atoms with Gasteiger partial charge in [-0.05, 0) is 49.6 Å². The number of carbonyl (C=O) groups excluding carboxylic acids is 1. The standard InChI is InChI=1S/C17H24N2O6/c1-24-13-9-11(10-14(25-2)16(13)21)6-7-15(20)19-12(17(22)23)5-3-4-8-18/h6-7,9-10,12,21H,3-5,8,18H2,1-2H3,(H,19,20)(H,22,23)/b7-6+/t12-/m0/s1. The van der Waals surface area contributed by atoms with Gasteiger partial charge in [-0.1, -0.05) is 0 Å². The Morgan fingerprint density at radius 3 is 2.32 bits per heavy atom. The largest absolute Gasteiger partial charge is 0.502 e. The molecule has 0 saturated heterocycles. The topological polar surface area (TPSA) is 131 Å². The number of amides is 1. The molecule has 1 rings (SSSR count). The predicted molar refractivity (Wildman–Crippen MR) is 92.7 cm³/mol. The number of hydrogen-bond donors (Lipinski definition) is 4. The van der Waals surface area contributed by atoms with Crippen molar-refractivity contribution in [1.29, 1.82) is 0 Å². The molecule has 0 aromatic heterocycles. The number of carboxylic acid groups (broad SMARTS) is 1. The van der Waals surface area contributed by atoms with E-state index < -0.39 is 17.9 Å². The van der Waals surface area contributed by atoms with Gasteiger partial charge in [0.15, 0.2) is 11.5 Å². The molecule has 1 atom stereocenters. The van der Waals surface area contributed by atoms with E-state index >= 15 is 0 Å². The van der Waals surface area contributed by atoms with Gasteiger partial charge < -0.3 is 30.7 Å². The molecule has 1 aromatic rings. The molecule has 0 unspecified atom stereocenters. The van der Waals surface area contributed by atoms with Gasteiger partial charge in [0.2, 0.25) is 11.7 Å². The fourth-order valence-electron chi connectivity index (χ4n) is 2.15. The molecule has 0 bridgehead atoms. The fourth-order valence-corrected chi connectivity index (χ4v) is 2.15. The second kappa shape index (κ2) is 10.2. The number of aliphatic carboxylic acids is 1. The van der Waals surface area contributed by atoms with Crippen molar-refractivity contribution >= 4 is 18.0 Å². The third-order valence-electron chi connectivity index (χ3n) is 3.49. The number of methoxy groups -OCH3 is 2. The summed E-state index contributed by atoms with van der Waals surface area (Å²) in [6.07, 6.45) is 4.31. The molecule has 0 spiro atoms. The summed E-state index contributed by atoms with van der Waals surface area (Å²) in [6.45, 7) is 0.477. The quantitative estimate of drug-likeness (QED) is 0.366. The third kappa shape index (κ3) is 6.34. The number of nitrogens with one attached hydrogen (secondary N) is 1. The number of rotatable bonds is 10. The third-order valence-corrected chi connectivity index (χ3v) is 3.49. The van der Waals surface area contributed by atoms with E-state index in [0.29, 0.717) is 31.4 Å². The van der Waals surface area contributed by atoms with Gasteiger partial charge in [0.1, 0.15) is 6.04 Å². The van der Waals surface area contributed by atoms with Gasteiger partial charge in [0, 0.05) is 6.08 Å². The first-order valence-electron chi connectivity index (χ1n) is 7.79. The molecule has 0 heterocycles. The van der Waals surface area contributed by atoms with Crippen LogP contribution in [-0.2, 0) is 9.59 Å². The average molecular weight is 352 g/mol. The number of nitrogens with two attached hydrogens (primary N) is 1. The van der Waals surface area contributed by atoms with Crippen LogP contribution < -0.4 is 20.5 Å². The minimum absolute atomic E-state index is 0.141. The highest BCUT2D eigenvalue weighted by Gasteiger charge is 2.18. The zero-order chi connectivity index (χ0) is 18.8. The van der Waals surface area contributed by atoms with Crippen LogP contribution in [0.3, 0.4) is 0 Å². The van der Waals surface area contributed by atoms with Crippen LogP contribution in [0.1, 0.15) is 24.8 Å². The maximum absolute atomic E-state index is 11.9. The van der Waals surface area contributed by atoms with E-state index in [-0.39, 0.29) is 17.2 Å². The molecule has 8 nitrogen and oxygen atoms in total. The molecule has 1 aromatic carbocycles. The SMILES string of the molecule is COc1cc(/C=C/C(=O)N[C@@H](CCCCN)C(=O)O)cc(OC)c1O. The molecule has 0 aliphatic rings. The molecule has 8 heteroatoms. The van der Waals surface area contributed by atoms with E-state index in [1.54, 1.807) is 0 Å². The number of carboxylic acids is 1. The van der Waals surface area contributed by atoms with Gasteiger partial charge in [-0.3, -0.25) is 4.79 Å². The number of phenols is 1. The van der Waals surface area contributed by atoms with E-state index in [1.165, 1.54) is 38.5 Å². The number of hydrogen-bond acceptors (Lipinski definition) is 6. The summed E-state index contributed by atoms with van der Waals surface area (Å²) >= 11 is 0. The number of aromatic hydroxyl groups is 1. The van der Waals surface area contributed by atoms with Crippen molar-refractivity contribution in [3.8, 4) is 17.2 Å². The molecule has 0 fully saturated rings. The normalized spacial score (nSPS) is 12.0. The average Bonchev–Trinajstić information content (AvgIpc) is 2.59. The van der Waals surface area contributed by atoms with Crippen molar-refractivity contribution in [1.82, 2.24) is 5.32 Å². The first kappa shape index (κ1) is 20.3. The van der Waals surface area contributed by atoms with Crippen LogP contribution in [0.15, 0.2) is 18.2 Å². The van der Waals surface area contributed by atoms with Gasteiger partial charge in [-0.2, -0.15) is 0 Å². The maximum Gasteiger partial charge on any atom is 0.326 e. The lowest BCUT2D eigenvalue weighted by Crippen LogP contribution is -2.39. The molecule has 138 valence electrons. The highest BCUT2D eigenvalue weighted by atomic mass is 16.5. The van der Waals surface area contributed by atoms with Crippen molar-refractivity contribution in [3.63, 3.8) is 0 Å². The Morgan fingerprint density at radius 2 is 1.84 bits per heavy atom. The van der Waals surface area contributed by atoms with Gasteiger partial charge in [-0.25, -0.2) is 4.79 Å². The minimum atomic E-state index is -1.09. The molecule has 0 saturated carbocycles. The second-order valence-electron chi connectivity index (χ2n) is 5.29. The lowest BCUT2D eigenvalue weighted by atomic mass is 10.1. The molecular weight excluding hydrogens is 328 g/mol. The van der Waals surface area contributed by atoms with E-state index in [2.05, 4.69) is 5.32 Å². The fraction of sp³-hybridized carbons (Fsp3) is 0.412. The number of ether oxygens (including phenoxy) is 2. The Bertz CT molecular complexity index is 605. The Hall–Kier alpha value is -2.74. The first-order valence-corrected chi connectivity index (χ1v) is 7.79. The van der Waals surface area contributed by atoms with Gasteiger partial charge >= 0.3 is 5.97 Å². The summed E-state index contributed by atoms with van der Waals surface area (Å²) in [6, 6.07) is 2.09. The second-order valence-corrected chi connectivity index (χ2v) is 5.29. The summed E-state index contributed by atoms with van der Waals surface area (Å²) in [5.74, 6) is -1.37. The first-order chi connectivity index (χ1) is 11.9. The van der Waals surface area contributed by atoms with E-state index in [9.17, 15) is 14.7 Å². The highest BCUT2D eigenvalue weighted by molar-refractivity contribution is 5.94. The predicted octanol–water partition coefficient (Wildman–Crippen LogP) is 1.12. The Balaban J connectivity index is 2.79. The summed E-state index contributed by atoms with van der Waals surface area (Å²) in [7, 11) is 2.79. The van der Waals surface area contributed by atoms with Gasteiger partial charge in [0.25, 0.3) is 0 Å². The van der Waals surface area contributed by atoms with E-state index in [4.69, 9.17) is 20.3 Å². The molecule has 1 amide bonds. The number of carbonyl (C=O) groups is 2. The van der Waals surface area contributed by atoms with Gasteiger partial charge in [-0.15, -0.1) is 0 Å². The smallest absolute Gasteiger partial charge is 0.326 e. The summed E-state index contributed by atoms with van der Waals surface area (Å²) < 4.78 is 10.1. The number of benzene rings is 1. The lowest BCUT2D eigenvalue weighted by Gasteiger charge is -2.13. The molecule has 0 aliphatic heterocycles. The zero-order valence-corrected chi connectivity index (χ0v) is 14.3. The molecule has 25 heavy (non-hydrogen) atoms. The minimum Gasteiger partial charge on any atom is -0.502 e. The lowest BCUT2D eigenvalue weighted by molar-refractivity contribution is -0.141. The van der Waals surface area contributed by atoms with Crippen LogP contribution in [0.2, 0.25) is 0 Å². The molecule has 0 radical (unpaired) electrons. The molecule has 0 aliphatic carbocycles. The summed E-state index contributed by atoms with van der Waals surface area (Å²) in [4.78, 5) is 23.1. The van der Waals surface area contributed by atoms with Crippen LogP contribution in [0.4, 0.5) is 0 Å². The van der Waals surface area contributed by atoms with Crippen LogP contribution in [0.5, 0.6) is 17.2 Å². The summed E-state index contributed by atoms with van der Waals surface area (Å²) in [5.41, 5.74) is 5.93. The summed E-state index contributed by atoms with van der Waals surface area (Å²) in [5, 5.41) is 21.4. The Morgan fingerprint density at radius 1 is 1.24 bits per heavy atom. The van der Waals surface area contributed by atoms with Gasteiger partial charge in [0.05, 0.1) is 14.2 Å². The van der Waals surface area contributed by atoms with Crippen molar-refractivity contribution < 1.29 is 29.3 Å². The van der Waals surface area contributed by atoms with E-state index in [1.807, 2.05) is 0 Å². The van der Waals surface area contributed by atoms with Crippen molar-refractivity contribution in [2.45, 2.75) is 25.3 Å². The Labute approximate surface area is 146 Å². The highest BCUT2D eigenvalue weighted by Crippen LogP contribution is 2.37. The monoisotopic (exact) mass is 352 g/mol. The maximum atomic E-state index is 11.9. The van der Waals surface area contributed by atoms with E-state index in [0.717, 1.165) is 0 Å². The van der Waals surface area contributed by atoms with Crippen LogP contribution >= 0.6 is 0 Å². The van der Waals surface area contributed by atoms with Crippen LogP contribution in [0, 0.1) is 0 Å². The number of phenolic OH excluding ortho intramolecular Hbond substituents is 1. The zero-order valence-electron chi connectivity index (χ0n) is 14.3. The Kier molecular flexibility index (Phi) is 8.28. The van der Waals surface area contributed by atoms with Crippen LogP contribution in [-0.4, -0.2) is 48.9 Å². The van der Waals surface area contributed by atoms with Crippen molar-refractivity contribution in [3.05, 3.63) is 23.8 Å². The van der Waals surface area contributed by atoms with Crippen molar-refractivity contribution in [2.24, 2.45) is 5.73 Å².